The van der Waals surface area contributed by atoms with E-state index in [2.05, 4.69) is 48.5 Å². The Hall–Kier alpha value is 0.870. The van der Waals surface area contributed by atoms with E-state index < -0.39 is 10.4 Å². The largest absolute Gasteiger partial charge is 1.00 e. The summed E-state index contributed by atoms with van der Waals surface area (Å²) >= 11 is 0. The van der Waals surface area contributed by atoms with Crippen LogP contribution < -0.4 is 29.6 Å². The normalized spacial score (nSPS) is 15.7. The molecule has 4 nitrogen and oxygen atoms in total. The molecule has 0 radical (unpaired) electrons. The fraction of sp³-hybridized carbons (Fsp3) is 1.00. The van der Waals surface area contributed by atoms with Crippen molar-refractivity contribution in [1.29, 1.82) is 0 Å². The van der Waals surface area contributed by atoms with Gasteiger partial charge in [-0.25, -0.2) is 8.37 Å². The second-order valence-corrected chi connectivity index (χ2v) is 10.5. The van der Waals surface area contributed by atoms with Crippen LogP contribution in [0.5, 0.6) is 0 Å². The van der Waals surface area contributed by atoms with Crippen LogP contribution in [0.25, 0.3) is 0 Å². The molecular weight excluding hydrogens is 335 g/mol. The SMILES string of the molecule is CC(CCCCOS(=O)(=O)OC(C)CC(C)(C)C)CC(C)(C)C.[H-].[Na+]. The molecule has 0 saturated heterocycles. The molecule has 0 aromatic carbocycles. The summed E-state index contributed by atoms with van der Waals surface area (Å²) in [5, 5.41) is 0. The van der Waals surface area contributed by atoms with Crippen LogP contribution in [-0.4, -0.2) is 21.1 Å². The Morgan fingerprint density at radius 3 is 1.88 bits per heavy atom. The molecule has 24 heavy (non-hydrogen) atoms. The van der Waals surface area contributed by atoms with Crippen molar-refractivity contribution < 1.29 is 47.8 Å². The summed E-state index contributed by atoms with van der Waals surface area (Å²) in [5.41, 5.74) is 0.369. The summed E-state index contributed by atoms with van der Waals surface area (Å²) in [7, 11) is -3.88. The summed E-state index contributed by atoms with van der Waals surface area (Å²) in [6.07, 6.45) is 4.29. The predicted octanol–water partition coefficient (Wildman–Crippen LogP) is 2.45. The average molecular weight is 375 g/mol. The Labute approximate surface area is 174 Å². The van der Waals surface area contributed by atoms with Gasteiger partial charge in [-0.05, 0) is 42.9 Å². The van der Waals surface area contributed by atoms with Crippen molar-refractivity contribution in [2.75, 3.05) is 6.61 Å². The summed E-state index contributed by atoms with van der Waals surface area (Å²) < 4.78 is 33.5. The van der Waals surface area contributed by atoms with Crippen LogP contribution >= 0.6 is 0 Å². The Morgan fingerprint density at radius 2 is 1.42 bits per heavy atom. The zero-order valence-corrected chi connectivity index (χ0v) is 20.3. The van der Waals surface area contributed by atoms with Crippen LogP contribution in [-0.2, 0) is 18.8 Å². The van der Waals surface area contributed by atoms with Crippen LogP contribution in [0.1, 0.15) is 88.9 Å². The molecule has 0 aliphatic heterocycles. The molecule has 6 heteroatoms. The minimum Gasteiger partial charge on any atom is -1.00 e. The van der Waals surface area contributed by atoms with Gasteiger partial charge in [-0.2, -0.15) is 8.42 Å². The molecule has 142 valence electrons. The number of hydrogen-bond donors (Lipinski definition) is 0. The Bertz CT molecular complexity index is 427. The van der Waals surface area contributed by atoms with Crippen molar-refractivity contribution in [2.24, 2.45) is 16.7 Å². The second kappa shape index (κ2) is 11.6. The molecule has 0 amide bonds. The Balaban J connectivity index is -0.00000242. The molecule has 0 spiro atoms. The molecule has 0 bridgehead atoms. The van der Waals surface area contributed by atoms with E-state index in [-0.39, 0.29) is 49.1 Å². The van der Waals surface area contributed by atoms with Gasteiger partial charge in [-0.1, -0.05) is 61.3 Å². The minimum atomic E-state index is -3.88. The van der Waals surface area contributed by atoms with Gasteiger partial charge in [0, 0.05) is 0 Å². The molecule has 0 heterocycles. The third kappa shape index (κ3) is 17.7. The van der Waals surface area contributed by atoms with E-state index in [1.807, 2.05) is 0 Å². The van der Waals surface area contributed by atoms with Gasteiger partial charge in [-0.15, -0.1) is 0 Å². The summed E-state index contributed by atoms with van der Waals surface area (Å²) in [4.78, 5) is 0. The number of hydrogen-bond acceptors (Lipinski definition) is 4. The van der Waals surface area contributed by atoms with Crippen LogP contribution in [0.15, 0.2) is 0 Å². The monoisotopic (exact) mass is 374 g/mol. The molecule has 0 aromatic heterocycles. The first-order chi connectivity index (χ1) is 10.2. The van der Waals surface area contributed by atoms with Crippen LogP contribution in [0, 0.1) is 16.7 Å². The standard InChI is InChI=1S/C18H38O4S.Na.H/c1-15(13-17(3,4)5)11-9-10-12-21-23(19,20)22-16(2)14-18(6,7)8;;/h15-16H,9-14H2,1-8H3;;/q;+1;-1. The molecule has 0 saturated carbocycles. The average Bonchev–Trinajstić information content (AvgIpc) is 2.21. The number of unbranched alkanes of at least 4 members (excludes halogenated alkanes) is 1. The van der Waals surface area contributed by atoms with Gasteiger partial charge < -0.3 is 1.43 Å². The first-order valence-corrected chi connectivity index (χ1v) is 10.1. The van der Waals surface area contributed by atoms with E-state index in [0.717, 1.165) is 19.3 Å². The van der Waals surface area contributed by atoms with Gasteiger partial charge in [0.25, 0.3) is 0 Å². The Morgan fingerprint density at radius 1 is 0.917 bits per heavy atom. The van der Waals surface area contributed by atoms with Crippen LogP contribution in [0.2, 0.25) is 0 Å². The first kappa shape index (κ1) is 27.1. The van der Waals surface area contributed by atoms with E-state index in [9.17, 15) is 8.42 Å². The summed E-state index contributed by atoms with van der Waals surface area (Å²) in [5.74, 6) is 0.648. The van der Waals surface area contributed by atoms with Crippen molar-refractivity contribution in [2.45, 2.75) is 93.6 Å². The molecule has 2 unspecified atom stereocenters. The van der Waals surface area contributed by atoms with Gasteiger partial charge in [-0.3, -0.25) is 0 Å². The van der Waals surface area contributed by atoms with Crippen LogP contribution in [0.3, 0.4) is 0 Å². The van der Waals surface area contributed by atoms with Gasteiger partial charge in [0.1, 0.15) is 0 Å². The van der Waals surface area contributed by atoms with Gasteiger partial charge in [0.05, 0.1) is 12.7 Å². The predicted molar refractivity (Wildman–Crippen MR) is 97.7 cm³/mol. The zero-order chi connectivity index (χ0) is 18.3. The van der Waals surface area contributed by atoms with Crippen molar-refractivity contribution >= 4 is 10.4 Å². The Kier molecular flexibility index (Phi) is 13.0. The molecule has 0 rings (SSSR count). The fourth-order valence-corrected chi connectivity index (χ4v) is 3.88. The van der Waals surface area contributed by atoms with E-state index in [4.69, 9.17) is 8.37 Å². The maximum absolute atomic E-state index is 11.8. The van der Waals surface area contributed by atoms with E-state index in [1.54, 1.807) is 6.92 Å². The van der Waals surface area contributed by atoms with Crippen LogP contribution in [0.4, 0.5) is 0 Å². The maximum Gasteiger partial charge on any atom is 1.00 e. The summed E-state index contributed by atoms with van der Waals surface area (Å²) in [6.45, 7) is 17.1. The second-order valence-electron chi connectivity index (χ2n) is 9.27. The zero-order valence-electron chi connectivity index (χ0n) is 18.4. The molecule has 0 aliphatic rings. The third-order valence-electron chi connectivity index (χ3n) is 3.46. The molecule has 0 aromatic rings. The van der Waals surface area contributed by atoms with E-state index in [0.29, 0.717) is 17.8 Å². The molecule has 0 aliphatic carbocycles. The molecule has 2 atom stereocenters. The molecule has 0 N–H and O–H groups in total. The molecular formula is C18H39NaO4S. The smallest absolute Gasteiger partial charge is 1.00 e. The quantitative estimate of drug-likeness (QED) is 0.435. The van der Waals surface area contributed by atoms with Gasteiger partial charge >= 0.3 is 40.0 Å². The molecule has 0 fully saturated rings. The van der Waals surface area contributed by atoms with Crippen molar-refractivity contribution in [3.8, 4) is 0 Å². The van der Waals surface area contributed by atoms with Crippen molar-refractivity contribution in [1.82, 2.24) is 0 Å². The topological polar surface area (TPSA) is 52.6 Å². The van der Waals surface area contributed by atoms with E-state index >= 15 is 0 Å². The summed E-state index contributed by atoms with van der Waals surface area (Å²) in [6, 6.07) is 0. The van der Waals surface area contributed by atoms with Gasteiger partial charge in [0.15, 0.2) is 0 Å². The van der Waals surface area contributed by atoms with Crippen molar-refractivity contribution in [3.63, 3.8) is 0 Å². The van der Waals surface area contributed by atoms with Crippen molar-refractivity contribution in [3.05, 3.63) is 0 Å². The van der Waals surface area contributed by atoms with Gasteiger partial charge in [0.2, 0.25) is 0 Å². The maximum atomic E-state index is 11.8. The van der Waals surface area contributed by atoms with E-state index in [1.165, 1.54) is 6.42 Å². The number of rotatable bonds is 10. The third-order valence-corrected chi connectivity index (χ3v) is 4.48. The first-order valence-electron chi connectivity index (χ1n) is 8.78. The fourth-order valence-electron chi connectivity index (χ4n) is 3.03. The minimum absolute atomic E-state index is 0.